The summed E-state index contributed by atoms with van der Waals surface area (Å²) in [6, 6.07) is 2.65. The minimum absolute atomic E-state index is 0.253. The zero-order valence-corrected chi connectivity index (χ0v) is 8.74. The van der Waals surface area contributed by atoms with Crippen LogP contribution in [0.15, 0.2) is 5.16 Å². The number of hydrogen-bond donors (Lipinski definition) is 0. The average Bonchev–Trinajstić information content (AvgIpc) is 2.89. The van der Waals surface area contributed by atoms with E-state index in [1.54, 1.807) is 11.8 Å². The van der Waals surface area contributed by atoms with Crippen LogP contribution in [0.3, 0.4) is 0 Å². The first-order valence-electron chi connectivity index (χ1n) is 4.62. The highest BCUT2D eigenvalue weighted by atomic mass is 32.2. The van der Waals surface area contributed by atoms with Gasteiger partial charge in [0.25, 0.3) is 0 Å². The lowest BCUT2D eigenvalue weighted by molar-refractivity contribution is 0.564. The number of hydrogen-bond acceptors (Lipinski definition) is 5. The Labute approximate surface area is 86.5 Å². The summed E-state index contributed by atoms with van der Waals surface area (Å²) in [7, 11) is 0. The quantitative estimate of drug-likeness (QED) is 0.701. The van der Waals surface area contributed by atoms with Crippen molar-refractivity contribution in [2.45, 2.75) is 42.6 Å². The molecule has 1 atom stereocenters. The van der Waals surface area contributed by atoms with Gasteiger partial charge in [-0.3, -0.25) is 0 Å². The van der Waals surface area contributed by atoms with Crippen LogP contribution in [0.5, 0.6) is 0 Å². The molecule has 5 nitrogen and oxygen atoms in total. The number of aromatic nitrogens is 4. The van der Waals surface area contributed by atoms with Gasteiger partial charge in [0.1, 0.15) is 0 Å². The molecular weight excluding hydrogens is 198 g/mol. The summed E-state index contributed by atoms with van der Waals surface area (Å²) in [6.07, 6.45) is 2.87. The van der Waals surface area contributed by atoms with E-state index in [4.69, 9.17) is 5.26 Å². The van der Waals surface area contributed by atoms with E-state index >= 15 is 0 Å². The van der Waals surface area contributed by atoms with Crippen molar-refractivity contribution < 1.29 is 0 Å². The molecule has 0 bridgehead atoms. The van der Waals surface area contributed by atoms with E-state index in [0.29, 0.717) is 12.5 Å². The van der Waals surface area contributed by atoms with E-state index in [2.05, 4.69) is 21.6 Å². The normalized spacial score (nSPS) is 17.7. The molecule has 1 aliphatic carbocycles. The van der Waals surface area contributed by atoms with Crippen molar-refractivity contribution in [3.8, 4) is 6.07 Å². The van der Waals surface area contributed by atoms with Crippen molar-refractivity contribution in [3.63, 3.8) is 0 Å². The van der Waals surface area contributed by atoms with E-state index < -0.39 is 0 Å². The van der Waals surface area contributed by atoms with Crippen LogP contribution in [0.25, 0.3) is 0 Å². The summed E-state index contributed by atoms with van der Waals surface area (Å²) < 4.78 is 1.87. The highest BCUT2D eigenvalue weighted by Crippen LogP contribution is 2.37. The Balaban J connectivity index is 2.01. The van der Waals surface area contributed by atoms with E-state index in [1.165, 1.54) is 12.8 Å². The van der Waals surface area contributed by atoms with Gasteiger partial charge in [-0.2, -0.15) is 5.26 Å². The van der Waals surface area contributed by atoms with Crippen molar-refractivity contribution in [1.82, 2.24) is 20.2 Å². The predicted molar refractivity (Wildman–Crippen MR) is 51.6 cm³/mol. The molecule has 0 saturated heterocycles. The SMILES string of the molecule is CC(CC#N)Sc1nnnn1C1CC1. The van der Waals surface area contributed by atoms with Gasteiger partial charge in [0, 0.05) is 11.7 Å². The smallest absolute Gasteiger partial charge is 0.209 e. The Morgan fingerprint density at radius 1 is 1.71 bits per heavy atom. The number of tetrazole rings is 1. The first-order chi connectivity index (χ1) is 6.81. The third kappa shape index (κ3) is 2.04. The van der Waals surface area contributed by atoms with Crippen molar-refractivity contribution in [1.29, 1.82) is 5.26 Å². The van der Waals surface area contributed by atoms with Crippen LogP contribution in [-0.2, 0) is 0 Å². The van der Waals surface area contributed by atoms with Gasteiger partial charge in [-0.05, 0) is 23.3 Å². The molecule has 1 unspecified atom stereocenters. The Kier molecular flexibility index (Phi) is 2.68. The van der Waals surface area contributed by atoms with E-state index in [0.717, 1.165) is 5.16 Å². The summed E-state index contributed by atoms with van der Waals surface area (Å²) in [6.45, 7) is 2.01. The highest BCUT2D eigenvalue weighted by Gasteiger charge is 2.28. The first-order valence-corrected chi connectivity index (χ1v) is 5.50. The third-order valence-corrected chi connectivity index (χ3v) is 3.09. The lowest BCUT2D eigenvalue weighted by Gasteiger charge is -2.05. The van der Waals surface area contributed by atoms with Gasteiger partial charge in [0.15, 0.2) is 0 Å². The monoisotopic (exact) mass is 209 g/mol. The van der Waals surface area contributed by atoms with Crippen molar-refractivity contribution in [2.24, 2.45) is 0 Å². The maximum atomic E-state index is 8.53. The van der Waals surface area contributed by atoms with Crippen LogP contribution < -0.4 is 0 Å². The summed E-state index contributed by atoms with van der Waals surface area (Å²) in [5, 5.41) is 21.2. The van der Waals surface area contributed by atoms with Crippen LogP contribution in [0.4, 0.5) is 0 Å². The number of rotatable bonds is 4. The Hall–Kier alpha value is -1.09. The molecule has 0 aliphatic heterocycles. The van der Waals surface area contributed by atoms with Crippen LogP contribution in [0.2, 0.25) is 0 Å². The lowest BCUT2D eigenvalue weighted by Crippen LogP contribution is -2.02. The van der Waals surface area contributed by atoms with E-state index in [1.807, 2.05) is 11.6 Å². The fraction of sp³-hybridized carbons (Fsp3) is 0.750. The molecule has 0 spiro atoms. The molecule has 14 heavy (non-hydrogen) atoms. The van der Waals surface area contributed by atoms with Gasteiger partial charge in [-0.1, -0.05) is 18.7 Å². The van der Waals surface area contributed by atoms with Crippen LogP contribution in [0, 0.1) is 11.3 Å². The van der Waals surface area contributed by atoms with Crippen LogP contribution >= 0.6 is 11.8 Å². The Morgan fingerprint density at radius 3 is 3.14 bits per heavy atom. The van der Waals surface area contributed by atoms with Gasteiger partial charge in [-0.15, -0.1) is 5.10 Å². The predicted octanol–water partition coefficient (Wildman–Crippen LogP) is 1.40. The largest absolute Gasteiger partial charge is 0.217 e. The highest BCUT2D eigenvalue weighted by molar-refractivity contribution is 7.99. The van der Waals surface area contributed by atoms with Gasteiger partial charge in [0.2, 0.25) is 5.16 Å². The Morgan fingerprint density at radius 2 is 2.50 bits per heavy atom. The minimum Gasteiger partial charge on any atom is -0.217 e. The molecule has 0 radical (unpaired) electrons. The van der Waals surface area contributed by atoms with Crippen LogP contribution in [-0.4, -0.2) is 25.5 Å². The summed E-state index contributed by atoms with van der Waals surface area (Å²) >= 11 is 1.57. The molecule has 2 rings (SSSR count). The first kappa shape index (κ1) is 9.46. The van der Waals surface area contributed by atoms with E-state index in [-0.39, 0.29) is 5.25 Å². The van der Waals surface area contributed by atoms with Gasteiger partial charge in [0.05, 0.1) is 12.1 Å². The lowest BCUT2D eigenvalue weighted by atomic mass is 10.4. The molecule has 0 aromatic carbocycles. The molecule has 1 aromatic rings. The fourth-order valence-electron chi connectivity index (χ4n) is 1.16. The molecule has 0 amide bonds. The molecule has 74 valence electrons. The molecular formula is C8H11N5S. The summed E-state index contributed by atoms with van der Waals surface area (Å²) in [5.41, 5.74) is 0. The standard InChI is InChI=1S/C8H11N5S/c1-6(4-5-9)14-8-10-11-12-13(8)7-2-3-7/h6-7H,2-4H2,1H3. The maximum Gasteiger partial charge on any atom is 0.209 e. The molecule has 1 aromatic heterocycles. The average molecular weight is 209 g/mol. The second kappa shape index (κ2) is 3.96. The van der Waals surface area contributed by atoms with Gasteiger partial charge in [-0.25, -0.2) is 4.68 Å². The number of nitrogens with zero attached hydrogens (tertiary/aromatic N) is 5. The zero-order chi connectivity index (χ0) is 9.97. The van der Waals surface area contributed by atoms with E-state index in [9.17, 15) is 0 Å². The molecule has 1 aliphatic rings. The minimum atomic E-state index is 0.253. The Bertz CT molecular complexity index is 351. The van der Waals surface area contributed by atoms with Crippen molar-refractivity contribution in [3.05, 3.63) is 0 Å². The third-order valence-electron chi connectivity index (χ3n) is 2.04. The summed E-state index contributed by atoms with van der Waals surface area (Å²) in [5.74, 6) is 0. The second-order valence-corrected chi connectivity index (χ2v) is 4.83. The number of thioether (sulfide) groups is 1. The van der Waals surface area contributed by atoms with Gasteiger partial charge < -0.3 is 0 Å². The van der Waals surface area contributed by atoms with Crippen molar-refractivity contribution >= 4 is 11.8 Å². The molecule has 1 heterocycles. The van der Waals surface area contributed by atoms with Gasteiger partial charge >= 0.3 is 0 Å². The maximum absolute atomic E-state index is 8.53. The molecule has 6 heteroatoms. The number of nitriles is 1. The summed E-state index contributed by atoms with van der Waals surface area (Å²) in [4.78, 5) is 0. The topological polar surface area (TPSA) is 67.4 Å². The molecule has 0 N–H and O–H groups in total. The second-order valence-electron chi connectivity index (χ2n) is 3.43. The zero-order valence-electron chi connectivity index (χ0n) is 7.92. The fourth-order valence-corrected chi connectivity index (χ4v) is 2.06. The molecule has 1 saturated carbocycles. The van der Waals surface area contributed by atoms with Crippen LogP contribution in [0.1, 0.15) is 32.2 Å². The molecule has 1 fully saturated rings. The van der Waals surface area contributed by atoms with Crippen molar-refractivity contribution in [2.75, 3.05) is 0 Å².